The van der Waals surface area contributed by atoms with Crippen LogP contribution >= 0.6 is 0 Å². The van der Waals surface area contributed by atoms with E-state index in [0.717, 1.165) is 12.1 Å². The van der Waals surface area contributed by atoms with Crippen LogP contribution in [0.25, 0.3) is 0 Å². The third-order valence-corrected chi connectivity index (χ3v) is 3.17. The molecule has 0 bridgehead atoms. The zero-order chi connectivity index (χ0) is 16.2. The molecule has 0 aromatic heterocycles. The van der Waals surface area contributed by atoms with Crippen LogP contribution in [0, 0.1) is 21.8 Å². The first kappa shape index (κ1) is 16.5. The number of carboxylic acids is 1. The molecule has 2 atom stereocenters. The molecular weight excluding hydrogens is 283 g/mol. The Morgan fingerprint density at radius 1 is 1.48 bits per heavy atom. The van der Waals surface area contributed by atoms with Crippen molar-refractivity contribution in [2.24, 2.45) is 5.92 Å². The predicted octanol–water partition coefficient (Wildman–Crippen LogP) is 1.96. The number of rotatable bonds is 6. The summed E-state index contributed by atoms with van der Waals surface area (Å²) < 4.78 is 13.0. The van der Waals surface area contributed by atoms with Crippen molar-refractivity contribution in [1.82, 2.24) is 5.32 Å². The van der Waals surface area contributed by atoms with Crippen molar-refractivity contribution >= 4 is 17.6 Å². The van der Waals surface area contributed by atoms with E-state index in [-0.39, 0.29) is 11.5 Å². The first-order valence-electron chi connectivity index (χ1n) is 6.25. The maximum atomic E-state index is 13.0. The number of carbonyl (C=O) groups excluding carboxylic acids is 1. The average molecular weight is 298 g/mol. The molecule has 0 saturated heterocycles. The van der Waals surface area contributed by atoms with Crippen LogP contribution in [0.2, 0.25) is 0 Å². The summed E-state index contributed by atoms with van der Waals surface area (Å²) >= 11 is 0. The fourth-order valence-corrected chi connectivity index (χ4v) is 1.75. The standard InChI is InChI=1S/C13H15FN2O5/c1-3-7(2)11(13(18)19)15-12(17)9-5-4-8(14)6-10(9)16(20)21/h4-7,11H,3H2,1-2H3,(H,15,17)(H,18,19)/t7-,11-/m0/s1. The van der Waals surface area contributed by atoms with Gasteiger partial charge in [-0.25, -0.2) is 9.18 Å². The molecule has 7 nitrogen and oxygen atoms in total. The number of nitro benzene ring substituents is 1. The zero-order valence-corrected chi connectivity index (χ0v) is 11.5. The highest BCUT2D eigenvalue weighted by Crippen LogP contribution is 2.20. The molecule has 0 saturated carbocycles. The number of carbonyl (C=O) groups is 2. The van der Waals surface area contributed by atoms with E-state index in [0.29, 0.717) is 12.5 Å². The molecule has 1 rings (SSSR count). The SMILES string of the molecule is CC[C@H](C)[C@H](NC(=O)c1ccc(F)cc1[N+](=O)[O-])C(=O)O. The highest BCUT2D eigenvalue weighted by atomic mass is 19.1. The second-order valence-electron chi connectivity index (χ2n) is 4.59. The van der Waals surface area contributed by atoms with Gasteiger partial charge in [-0.05, 0) is 18.1 Å². The largest absolute Gasteiger partial charge is 0.480 e. The van der Waals surface area contributed by atoms with Crippen LogP contribution in [0.15, 0.2) is 18.2 Å². The van der Waals surface area contributed by atoms with Crippen molar-refractivity contribution in [2.45, 2.75) is 26.3 Å². The van der Waals surface area contributed by atoms with Crippen LogP contribution < -0.4 is 5.32 Å². The number of carboxylic acid groups (broad SMARTS) is 1. The smallest absolute Gasteiger partial charge is 0.326 e. The molecule has 0 spiro atoms. The summed E-state index contributed by atoms with van der Waals surface area (Å²) in [5.74, 6) is -3.36. The Labute approximate surface area is 119 Å². The number of benzene rings is 1. The summed E-state index contributed by atoms with van der Waals surface area (Å²) in [6.07, 6.45) is 0.503. The van der Waals surface area contributed by atoms with E-state index < -0.39 is 34.3 Å². The molecule has 0 aliphatic carbocycles. The number of amides is 1. The molecule has 1 amide bonds. The number of aliphatic carboxylic acids is 1. The molecule has 0 aliphatic rings. The van der Waals surface area contributed by atoms with E-state index in [4.69, 9.17) is 5.11 Å². The summed E-state index contributed by atoms with van der Waals surface area (Å²) in [5.41, 5.74) is -1.09. The molecular formula is C13H15FN2O5. The van der Waals surface area contributed by atoms with Gasteiger partial charge in [0.1, 0.15) is 17.4 Å². The Morgan fingerprint density at radius 3 is 2.57 bits per heavy atom. The molecule has 1 aromatic carbocycles. The van der Waals surface area contributed by atoms with E-state index in [1.807, 2.05) is 0 Å². The van der Waals surface area contributed by atoms with Crippen molar-refractivity contribution in [1.29, 1.82) is 0 Å². The van der Waals surface area contributed by atoms with Crippen LogP contribution in [0.3, 0.4) is 0 Å². The topological polar surface area (TPSA) is 110 Å². The van der Waals surface area contributed by atoms with E-state index in [1.165, 1.54) is 0 Å². The van der Waals surface area contributed by atoms with Gasteiger partial charge in [0.2, 0.25) is 0 Å². The number of nitro groups is 1. The van der Waals surface area contributed by atoms with Crippen LogP contribution in [-0.2, 0) is 4.79 Å². The summed E-state index contributed by atoms with van der Waals surface area (Å²) in [6.45, 7) is 3.39. The Bertz CT molecular complexity index is 576. The fourth-order valence-electron chi connectivity index (χ4n) is 1.75. The minimum absolute atomic E-state index is 0.356. The van der Waals surface area contributed by atoms with Gasteiger partial charge in [-0.1, -0.05) is 20.3 Å². The van der Waals surface area contributed by atoms with Gasteiger partial charge in [0, 0.05) is 0 Å². The second kappa shape index (κ2) is 6.78. The van der Waals surface area contributed by atoms with Gasteiger partial charge >= 0.3 is 5.97 Å². The Hall–Kier alpha value is -2.51. The van der Waals surface area contributed by atoms with Crippen LogP contribution in [0.4, 0.5) is 10.1 Å². The van der Waals surface area contributed by atoms with Crippen molar-refractivity contribution in [3.63, 3.8) is 0 Å². The maximum Gasteiger partial charge on any atom is 0.326 e. The second-order valence-corrected chi connectivity index (χ2v) is 4.59. The molecule has 0 unspecified atom stereocenters. The van der Waals surface area contributed by atoms with E-state index in [1.54, 1.807) is 13.8 Å². The lowest BCUT2D eigenvalue weighted by Gasteiger charge is -2.20. The molecule has 114 valence electrons. The monoisotopic (exact) mass is 298 g/mol. The van der Waals surface area contributed by atoms with Gasteiger partial charge in [-0.3, -0.25) is 14.9 Å². The highest BCUT2D eigenvalue weighted by Gasteiger charge is 2.28. The van der Waals surface area contributed by atoms with Crippen molar-refractivity contribution in [2.75, 3.05) is 0 Å². The minimum atomic E-state index is -1.23. The number of hydrogen-bond acceptors (Lipinski definition) is 4. The van der Waals surface area contributed by atoms with Gasteiger partial charge in [-0.15, -0.1) is 0 Å². The fraction of sp³-hybridized carbons (Fsp3) is 0.385. The molecule has 0 aliphatic heterocycles. The third kappa shape index (κ3) is 3.98. The predicted molar refractivity (Wildman–Crippen MR) is 71.4 cm³/mol. The Balaban J connectivity index is 3.08. The van der Waals surface area contributed by atoms with Gasteiger partial charge < -0.3 is 10.4 Å². The van der Waals surface area contributed by atoms with Gasteiger partial charge in [-0.2, -0.15) is 0 Å². The molecule has 0 fully saturated rings. The Kier molecular flexibility index (Phi) is 5.34. The van der Waals surface area contributed by atoms with Gasteiger partial charge in [0.05, 0.1) is 11.0 Å². The van der Waals surface area contributed by atoms with E-state index >= 15 is 0 Å². The lowest BCUT2D eigenvalue weighted by molar-refractivity contribution is -0.385. The molecule has 8 heteroatoms. The normalized spacial score (nSPS) is 13.3. The summed E-state index contributed by atoms with van der Waals surface area (Å²) in [5, 5.41) is 22.1. The molecule has 21 heavy (non-hydrogen) atoms. The lowest BCUT2D eigenvalue weighted by atomic mass is 9.99. The molecule has 0 heterocycles. The highest BCUT2D eigenvalue weighted by molar-refractivity contribution is 6.00. The molecule has 2 N–H and O–H groups in total. The number of hydrogen-bond donors (Lipinski definition) is 2. The number of halogens is 1. The third-order valence-electron chi connectivity index (χ3n) is 3.17. The first-order chi connectivity index (χ1) is 9.77. The number of nitrogens with one attached hydrogen (secondary N) is 1. The maximum absolute atomic E-state index is 13.0. The quantitative estimate of drug-likeness (QED) is 0.616. The molecule has 0 radical (unpaired) electrons. The van der Waals surface area contributed by atoms with E-state index in [2.05, 4.69) is 5.32 Å². The van der Waals surface area contributed by atoms with Crippen LogP contribution in [-0.4, -0.2) is 27.9 Å². The van der Waals surface area contributed by atoms with Crippen molar-refractivity contribution in [3.05, 3.63) is 39.7 Å². The summed E-state index contributed by atoms with van der Waals surface area (Å²) in [4.78, 5) is 33.1. The van der Waals surface area contributed by atoms with Crippen LogP contribution in [0.5, 0.6) is 0 Å². The van der Waals surface area contributed by atoms with Gasteiger partial charge in [0.25, 0.3) is 11.6 Å². The summed E-state index contributed by atoms with van der Waals surface area (Å²) in [6, 6.07) is 1.31. The average Bonchev–Trinajstić information content (AvgIpc) is 2.43. The minimum Gasteiger partial charge on any atom is -0.480 e. The number of nitrogens with zero attached hydrogens (tertiary/aromatic N) is 1. The van der Waals surface area contributed by atoms with Crippen LogP contribution in [0.1, 0.15) is 30.6 Å². The zero-order valence-electron chi connectivity index (χ0n) is 11.5. The first-order valence-corrected chi connectivity index (χ1v) is 6.25. The Morgan fingerprint density at radius 2 is 2.10 bits per heavy atom. The van der Waals surface area contributed by atoms with E-state index in [9.17, 15) is 24.1 Å². The van der Waals surface area contributed by atoms with Crippen molar-refractivity contribution < 1.29 is 24.0 Å². The van der Waals surface area contributed by atoms with Crippen molar-refractivity contribution in [3.8, 4) is 0 Å². The summed E-state index contributed by atoms with van der Waals surface area (Å²) in [7, 11) is 0. The van der Waals surface area contributed by atoms with Gasteiger partial charge in [0.15, 0.2) is 0 Å². The molecule has 1 aromatic rings. The lowest BCUT2D eigenvalue weighted by Crippen LogP contribution is -2.45.